The molecule has 4 nitrogen and oxygen atoms in total. The van der Waals surface area contributed by atoms with Crippen molar-refractivity contribution >= 4 is 51.8 Å². The first-order chi connectivity index (χ1) is 15.9. The molecule has 0 fully saturated rings. The molecule has 0 bridgehead atoms. The number of benzene rings is 3. The van der Waals surface area contributed by atoms with E-state index in [0.29, 0.717) is 22.3 Å². The van der Waals surface area contributed by atoms with E-state index in [9.17, 15) is 10.1 Å². The number of hydrogen-bond donors (Lipinski definition) is 1. The summed E-state index contributed by atoms with van der Waals surface area (Å²) < 4.78 is 2.07. The standard InChI is InChI=1S/C27H21Cl2N3O/c1-17-7-8-18(2)25(11-17)31-27(33)20(14-30)13-21-16-32(26-6-4-3-5-22(21)26)15-19-9-10-23(28)24(29)12-19/h3-13,16H,15H2,1-2H3,(H,31,33)/b20-13-. The van der Waals surface area contributed by atoms with Gasteiger partial charge in [-0.05, 0) is 60.9 Å². The Hall–Kier alpha value is -3.52. The van der Waals surface area contributed by atoms with Gasteiger partial charge in [0.05, 0.1) is 10.0 Å². The Kier molecular flexibility index (Phi) is 6.55. The first kappa shape index (κ1) is 22.7. The molecule has 33 heavy (non-hydrogen) atoms. The summed E-state index contributed by atoms with van der Waals surface area (Å²) in [5.74, 6) is -0.437. The van der Waals surface area contributed by atoms with E-state index >= 15 is 0 Å². The van der Waals surface area contributed by atoms with E-state index in [4.69, 9.17) is 23.2 Å². The smallest absolute Gasteiger partial charge is 0.266 e. The van der Waals surface area contributed by atoms with Crippen LogP contribution in [-0.2, 0) is 11.3 Å². The van der Waals surface area contributed by atoms with Gasteiger partial charge in [-0.1, -0.05) is 59.6 Å². The fraction of sp³-hybridized carbons (Fsp3) is 0.111. The van der Waals surface area contributed by atoms with Gasteiger partial charge in [-0.25, -0.2) is 0 Å². The van der Waals surface area contributed by atoms with Crippen molar-refractivity contribution in [2.45, 2.75) is 20.4 Å². The van der Waals surface area contributed by atoms with Gasteiger partial charge in [-0.2, -0.15) is 5.26 Å². The van der Waals surface area contributed by atoms with E-state index in [1.54, 1.807) is 12.1 Å². The van der Waals surface area contributed by atoms with Crippen LogP contribution in [0.1, 0.15) is 22.3 Å². The largest absolute Gasteiger partial charge is 0.342 e. The zero-order chi connectivity index (χ0) is 23.5. The van der Waals surface area contributed by atoms with Crippen LogP contribution in [-0.4, -0.2) is 10.5 Å². The fourth-order valence-corrected chi connectivity index (χ4v) is 4.04. The lowest BCUT2D eigenvalue weighted by molar-refractivity contribution is -0.112. The number of para-hydroxylation sites is 1. The third-order valence-corrected chi connectivity index (χ3v) is 6.20. The highest BCUT2D eigenvalue weighted by Gasteiger charge is 2.14. The Bertz CT molecular complexity index is 1440. The monoisotopic (exact) mass is 473 g/mol. The molecular formula is C27H21Cl2N3O. The van der Waals surface area contributed by atoms with Gasteiger partial charge in [0, 0.05) is 34.9 Å². The normalized spacial score (nSPS) is 11.4. The van der Waals surface area contributed by atoms with Crippen molar-refractivity contribution in [3.8, 4) is 6.07 Å². The van der Waals surface area contributed by atoms with E-state index < -0.39 is 5.91 Å². The van der Waals surface area contributed by atoms with Crippen LogP contribution >= 0.6 is 23.2 Å². The van der Waals surface area contributed by atoms with Gasteiger partial charge in [0.15, 0.2) is 0 Å². The molecule has 0 radical (unpaired) electrons. The Balaban J connectivity index is 1.69. The Labute approximate surface area is 202 Å². The average molecular weight is 474 g/mol. The van der Waals surface area contributed by atoms with Gasteiger partial charge in [0.2, 0.25) is 0 Å². The molecule has 1 amide bonds. The number of aryl methyl sites for hydroxylation is 2. The topological polar surface area (TPSA) is 57.8 Å². The summed E-state index contributed by atoms with van der Waals surface area (Å²) >= 11 is 12.2. The highest BCUT2D eigenvalue weighted by atomic mass is 35.5. The molecule has 0 unspecified atom stereocenters. The fourth-order valence-electron chi connectivity index (χ4n) is 3.72. The van der Waals surface area contributed by atoms with Crippen molar-refractivity contribution in [1.29, 1.82) is 5.26 Å². The third kappa shape index (κ3) is 4.96. The van der Waals surface area contributed by atoms with Crippen molar-refractivity contribution in [2.75, 3.05) is 5.32 Å². The number of nitrogens with one attached hydrogen (secondary N) is 1. The van der Waals surface area contributed by atoms with Crippen LogP contribution in [0.5, 0.6) is 0 Å². The minimum atomic E-state index is -0.437. The van der Waals surface area contributed by atoms with Crippen LogP contribution in [0.4, 0.5) is 5.69 Å². The molecule has 3 aromatic carbocycles. The number of hydrogen-bond acceptors (Lipinski definition) is 2. The van der Waals surface area contributed by atoms with Crippen LogP contribution in [0.25, 0.3) is 17.0 Å². The van der Waals surface area contributed by atoms with Gasteiger partial charge >= 0.3 is 0 Å². The van der Waals surface area contributed by atoms with Crippen LogP contribution in [0.2, 0.25) is 10.0 Å². The lowest BCUT2D eigenvalue weighted by atomic mass is 10.1. The molecule has 1 aromatic heterocycles. The summed E-state index contributed by atoms with van der Waals surface area (Å²) in [6, 6.07) is 21.3. The summed E-state index contributed by atoms with van der Waals surface area (Å²) in [5, 5.41) is 14.5. The van der Waals surface area contributed by atoms with Gasteiger partial charge in [0.25, 0.3) is 5.91 Å². The number of carbonyl (C=O) groups is 1. The zero-order valence-corrected chi connectivity index (χ0v) is 19.7. The molecule has 0 saturated carbocycles. The van der Waals surface area contributed by atoms with Gasteiger partial charge in [0.1, 0.15) is 11.6 Å². The van der Waals surface area contributed by atoms with Crippen LogP contribution in [0, 0.1) is 25.2 Å². The minimum absolute atomic E-state index is 0.0355. The lowest BCUT2D eigenvalue weighted by Crippen LogP contribution is -2.14. The third-order valence-electron chi connectivity index (χ3n) is 5.46. The van der Waals surface area contributed by atoms with Crippen LogP contribution in [0.15, 0.2) is 72.4 Å². The van der Waals surface area contributed by atoms with Crippen molar-refractivity contribution in [1.82, 2.24) is 4.57 Å². The zero-order valence-electron chi connectivity index (χ0n) is 18.2. The molecule has 4 aromatic rings. The molecule has 0 spiro atoms. The first-order valence-corrected chi connectivity index (χ1v) is 11.1. The first-order valence-electron chi connectivity index (χ1n) is 10.4. The summed E-state index contributed by atoms with van der Waals surface area (Å²) in [4.78, 5) is 12.9. The quantitative estimate of drug-likeness (QED) is 0.247. The van der Waals surface area contributed by atoms with E-state index in [1.807, 2.05) is 80.7 Å². The highest BCUT2D eigenvalue weighted by molar-refractivity contribution is 6.42. The van der Waals surface area contributed by atoms with E-state index in [2.05, 4.69) is 9.88 Å². The van der Waals surface area contributed by atoms with E-state index in [1.165, 1.54) is 0 Å². The number of fused-ring (bicyclic) bond motifs is 1. The highest BCUT2D eigenvalue weighted by Crippen LogP contribution is 2.27. The molecule has 0 aliphatic heterocycles. The summed E-state index contributed by atoms with van der Waals surface area (Å²) in [5.41, 5.74) is 5.47. The van der Waals surface area contributed by atoms with E-state index in [-0.39, 0.29) is 5.57 Å². The number of nitriles is 1. The second kappa shape index (κ2) is 9.54. The SMILES string of the molecule is Cc1ccc(C)c(NC(=O)/C(C#N)=C\c2cn(Cc3ccc(Cl)c(Cl)c3)c3ccccc23)c1. The molecule has 4 rings (SSSR count). The van der Waals surface area contributed by atoms with Gasteiger partial charge < -0.3 is 9.88 Å². The molecule has 0 aliphatic carbocycles. The average Bonchev–Trinajstić information content (AvgIpc) is 3.14. The van der Waals surface area contributed by atoms with Crippen LogP contribution in [0.3, 0.4) is 0 Å². The number of amides is 1. The van der Waals surface area contributed by atoms with Gasteiger partial charge in [-0.15, -0.1) is 0 Å². The molecule has 1 heterocycles. The minimum Gasteiger partial charge on any atom is -0.342 e. The number of anilines is 1. The number of carbonyl (C=O) groups excluding carboxylic acids is 1. The molecule has 6 heteroatoms. The number of rotatable bonds is 5. The molecule has 164 valence electrons. The maximum Gasteiger partial charge on any atom is 0.266 e. The molecule has 0 aliphatic rings. The Morgan fingerprint density at radius 2 is 1.85 bits per heavy atom. The predicted octanol–water partition coefficient (Wildman–Crippen LogP) is 7.16. The predicted molar refractivity (Wildman–Crippen MR) is 136 cm³/mol. The number of halogens is 2. The maximum absolute atomic E-state index is 12.9. The van der Waals surface area contributed by atoms with Crippen molar-refractivity contribution in [2.24, 2.45) is 0 Å². The molecule has 0 atom stereocenters. The van der Waals surface area contributed by atoms with Crippen molar-refractivity contribution in [3.63, 3.8) is 0 Å². The summed E-state index contributed by atoms with van der Waals surface area (Å²) in [6.45, 7) is 4.45. The second-order valence-corrected chi connectivity index (χ2v) is 8.73. The lowest BCUT2D eigenvalue weighted by Gasteiger charge is -2.08. The van der Waals surface area contributed by atoms with Crippen molar-refractivity contribution < 1.29 is 4.79 Å². The molecular weight excluding hydrogens is 453 g/mol. The Morgan fingerprint density at radius 3 is 2.61 bits per heavy atom. The number of aromatic nitrogens is 1. The van der Waals surface area contributed by atoms with Crippen LogP contribution < -0.4 is 5.32 Å². The van der Waals surface area contributed by atoms with E-state index in [0.717, 1.165) is 33.2 Å². The number of nitrogens with zero attached hydrogens (tertiary/aromatic N) is 2. The van der Waals surface area contributed by atoms with Crippen molar-refractivity contribution in [3.05, 3.63) is 105 Å². The van der Waals surface area contributed by atoms with Gasteiger partial charge in [-0.3, -0.25) is 4.79 Å². The molecule has 0 saturated heterocycles. The second-order valence-electron chi connectivity index (χ2n) is 7.92. The summed E-state index contributed by atoms with van der Waals surface area (Å²) in [7, 11) is 0. The Morgan fingerprint density at radius 1 is 1.06 bits per heavy atom. The molecule has 1 N–H and O–H groups in total. The summed E-state index contributed by atoms with van der Waals surface area (Å²) in [6.07, 6.45) is 3.57. The maximum atomic E-state index is 12.9.